The van der Waals surface area contributed by atoms with Crippen molar-refractivity contribution in [2.24, 2.45) is 0 Å². The molecule has 216 valence electrons. The second-order valence-electron chi connectivity index (χ2n) is 9.78. The molecule has 5 rings (SSSR count). The minimum absolute atomic E-state index is 0.0406. The molecule has 2 aliphatic heterocycles. The highest BCUT2D eigenvalue weighted by Crippen LogP contribution is 2.42. The molecule has 41 heavy (non-hydrogen) atoms. The molecule has 2 saturated heterocycles. The van der Waals surface area contributed by atoms with Crippen LogP contribution in [0.15, 0.2) is 78.9 Å². The summed E-state index contributed by atoms with van der Waals surface area (Å²) in [6.07, 6.45) is -4.89. The first-order valence-corrected chi connectivity index (χ1v) is 14.3. The van der Waals surface area contributed by atoms with Crippen molar-refractivity contribution in [2.75, 3.05) is 27.4 Å². The number of amides is 3. The van der Waals surface area contributed by atoms with Gasteiger partial charge in [-0.15, -0.1) is 0 Å². The second kappa shape index (κ2) is 12.3. The van der Waals surface area contributed by atoms with Crippen molar-refractivity contribution in [1.29, 1.82) is 0 Å². The lowest BCUT2D eigenvalue weighted by atomic mass is 9.80. The molecule has 0 spiro atoms. The molecule has 0 bridgehead atoms. The van der Waals surface area contributed by atoms with E-state index in [1.54, 1.807) is 14.2 Å². The van der Waals surface area contributed by atoms with Gasteiger partial charge in [0.15, 0.2) is 6.23 Å². The summed E-state index contributed by atoms with van der Waals surface area (Å²) in [4.78, 5) is 25.7. The third-order valence-electron chi connectivity index (χ3n) is 7.41. The van der Waals surface area contributed by atoms with Crippen molar-refractivity contribution >= 4 is 34.5 Å². The fraction of sp³-hybridized carbons (Fsp3) is 0.333. The number of imide groups is 1. The van der Waals surface area contributed by atoms with Crippen molar-refractivity contribution in [1.82, 2.24) is 10.2 Å². The van der Waals surface area contributed by atoms with Gasteiger partial charge in [0, 0.05) is 6.54 Å². The van der Waals surface area contributed by atoms with E-state index in [0.29, 0.717) is 11.5 Å². The van der Waals surface area contributed by atoms with Gasteiger partial charge in [-0.2, -0.15) is 0 Å². The fourth-order valence-electron chi connectivity index (χ4n) is 5.22. The molecule has 11 heteroatoms. The molecule has 2 fully saturated rings. The van der Waals surface area contributed by atoms with E-state index in [1.807, 2.05) is 101 Å². The average molecular weight is 674 g/mol. The lowest BCUT2D eigenvalue weighted by Gasteiger charge is -2.37. The summed E-state index contributed by atoms with van der Waals surface area (Å²) in [5.74, 6) is 0.946. The van der Waals surface area contributed by atoms with Crippen LogP contribution in [0.5, 0.6) is 11.5 Å². The lowest BCUT2D eigenvalue weighted by Crippen LogP contribution is -2.60. The number of methoxy groups -OCH3 is 2. The van der Waals surface area contributed by atoms with Crippen LogP contribution in [0.2, 0.25) is 0 Å². The van der Waals surface area contributed by atoms with Crippen LogP contribution in [0.4, 0.5) is 4.79 Å². The number of nitrogens with zero attached hydrogens (tertiary/aromatic N) is 1. The number of hydrogen-bond acceptors (Lipinski definition) is 8. The monoisotopic (exact) mass is 674 g/mol. The highest BCUT2D eigenvalue weighted by molar-refractivity contribution is 14.1. The Bertz CT molecular complexity index is 1310. The van der Waals surface area contributed by atoms with Crippen molar-refractivity contribution in [2.45, 2.75) is 34.1 Å². The summed E-state index contributed by atoms with van der Waals surface area (Å²) in [5.41, 5.74) is 1.25. The molecule has 2 heterocycles. The van der Waals surface area contributed by atoms with Crippen LogP contribution in [0.1, 0.15) is 16.7 Å². The van der Waals surface area contributed by atoms with E-state index >= 15 is 0 Å². The number of aliphatic hydroxyl groups excluding tert-OH is 2. The first kappa shape index (κ1) is 29.3. The first-order valence-electron chi connectivity index (χ1n) is 13.0. The van der Waals surface area contributed by atoms with Crippen molar-refractivity contribution in [3.63, 3.8) is 0 Å². The van der Waals surface area contributed by atoms with Gasteiger partial charge in [-0.1, -0.05) is 77.2 Å². The van der Waals surface area contributed by atoms with E-state index in [0.717, 1.165) is 16.7 Å². The first-order chi connectivity index (χ1) is 19.8. The smallest absolute Gasteiger partial charge is 0.326 e. The van der Waals surface area contributed by atoms with Crippen molar-refractivity contribution in [3.05, 3.63) is 95.6 Å². The molecular weight excluding hydrogens is 643 g/mol. The maximum atomic E-state index is 12.5. The highest BCUT2D eigenvalue weighted by Gasteiger charge is 2.50. The molecule has 3 amide bonds. The van der Waals surface area contributed by atoms with Gasteiger partial charge >= 0.3 is 6.03 Å². The fourth-order valence-corrected chi connectivity index (χ4v) is 5.80. The Morgan fingerprint density at radius 3 is 1.95 bits per heavy atom. The van der Waals surface area contributed by atoms with Crippen LogP contribution in [-0.2, 0) is 19.9 Å². The normalized spacial score (nSPS) is 24.7. The molecule has 10 nitrogen and oxygen atoms in total. The van der Waals surface area contributed by atoms with Gasteiger partial charge in [0.1, 0.15) is 39.3 Å². The Labute approximate surface area is 251 Å². The van der Waals surface area contributed by atoms with Crippen LogP contribution in [-0.4, -0.2) is 82.9 Å². The Morgan fingerprint density at radius 1 is 0.878 bits per heavy atom. The number of rotatable bonds is 9. The summed E-state index contributed by atoms with van der Waals surface area (Å²) in [7, 11) is 3.19. The van der Waals surface area contributed by atoms with Gasteiger partial charge in [0.2, 0.25) is 5.91 Å². The number of carbonyl (C=O) groups is 2. The largest absolute Gasteiger partial charge is 0.497 e. The molecule has 5 atom stereocenters. The molecule has 3 aromatic rings. The predicted octanol–water partition coefficient (Wildman–Crippen LogP) is 2.81. The van der Waals surface area contributed by atoms with Gasteiger partial charge in [-0.05, 0) is 41.0 Å². The number of benzene rings is 3. The molecule has 0 radical (unpaired) electrons. The number of carbonyl (C=O) groups excluding carboxylic acids is 2. The standard InChI is InChI=1S/C30H31IN2O8/c1-38-21-12-8-19(9-13-21)30(18-6-4-3-5-7-18,20-10-14-22(39-2)15-11-20)40-17-24-25(34)26(35)28(41-24)33-16-23(31)27(36)32-29(33)37/h3-15,23-26,28,34-35H,16-17H2,1-2H3,(H,32,36,37). The van der Waals surface area contributed by atoms with Gasteiger partial charge in [0.25, 0.3) is 0 Å². The third-order valence-corrected chi connectivity index (χ3v) is 8.37. The lowest BCUT2D eigenvalue weighted by molar-refractivity contribution is -0.126. The van der Waals surface area contributed by atoms with E-state index in [9.17, 15) is 19.8 Å². The molecule has 0 aliphatic carbocycles. The van der Waals surface area contributed by atoms with Crippen LogP contribution in [0, 0.1) is 0 Å². The van der Waals surface area contributed by atoms with Gasteiger partial charge in [-0.3, -0.25) is 15.0 Å². The van der Waals surface area contributed by atoms with Gasteiger partial charge < -0.3 is 29.2 Å². The number of alkyl halides is 1. The number of hydrogen-bond donors (Lipinski definition) is 3. The molecule has 5 unspecified atom stereocenters. The summed E-state index contributed by atoms with van der Waals surface area (Å²) in [5, 5.41) is 24.1. The topological polar surface area (TPSA) is 127 Å². The van der Waals surface area contributed by atoms with Crippen LogP contribution in [0.25, 0.3) is 0 Å². The summed E-state index contributed by atoms with van der Waals surface area (Å²) in [6, 6.07) is 24.0. The Balaban J connectivity index is 1.51. The number of halogens is 1. The molecule has 0 saturated carbocycles. The zero-order valence-corrected chi connectivity index (χ0v) is 24.6. The van der Waals surface area contributed by atoms with E-state index in [4.69, 9.17) is 18.9 Å². The minimum Gasteiger partial charge on any atom is -0.497 e. The van der Waals surface area contributed by atoms with Crippen LogP contribution < -0.4 is 14.8 Å². The quantitative estimate of drug-likeness (QED) is 0.180. The molecule has 0 aromatic heterocycles. The van der Waals surface area contributed by atoms with Crippen molar-refractivity contribution < 1.29 is 38.7 Å². The average Bonchev–Trinajstić information content (AvgIpc) is 3.29. The number of aliphatic hydroxyl groups is 2. The number of nitrogens with one attached hydrogen (secondary N) is 1. The SMILES string of the molecule is COc1ccc(C(OCC2OC(N3CC(I)C(=O)NC3=O)C(O)C2O)(c2ccccc2)c2ccc(OC)cc2)cc1. The zero-order chi connectivity index (χ0) is 29.1. The van der Waals surface area contributed by atoms with E-state index < -0.39 is 46.0 Å². The van der Waals surface area contributed by atoms with E-state index in [2.05, 4.69) is 5.32 Å². The summed E-state index contributed by atoms with van der Waals surface area (Å²) >= 11 is 1.92. The predicted molar refractivity (Wildman–Crippen MR) is 157 cm³/mol. The second-order valence-corrected chi connectivity index (χ2v) is 11.3. The molecule has 2 aliphatic rings. The highest BCUT2D eigenvalue weighted by atomic mass is 127. The van der Waals surface area contributed by atoms with Crippen LogP contribution in [0.3, 0.4) is 0 Å². The summed E-state index contributed by atoms with van der Waals surface area (Å²) < 4.78 is 23.1. The Morgan fingerprint density at radius 2 is 1.41 bits per heavy atom. The maximum absolute atomic E-state index is 12.5. The zero-order valence-electron chi connectivity index (χ0n) is 22.5. The molecule has 3 aromatic carbocycles. The third kappa shape index (κ3) is 5.64. The number of ether oxygens (including phenoxy) is 4. The Kier molecular flexibility index (Phi) is 8.80. The summed E-state index contributed by atoms with van der Waals surface area (Å²) in [6.45, 7) is -0.0946. The number of urea groups is 1. The van der Waals surface area contributed by atoms with E-state index in [1.165, 1.54) is 4.90 Å². The molecule has 3 N–H and O–H groups in total. The van der Waals surface area contributed by atoms with E-state index in [-0.39, 0.29) is 13.2 Å². The molecular formula is C30H31IN2O8. The van der Waals surface area contributed by atoms with Gasteiger partial charge in [0.05, 0.1) is 20.8 Å². The van der Waals surface area contributed by atoms with Crippen LogP contribution >= 0.6 is 22.6 Å². The minimum atomic E-state index is -1.40. The van der Waals surface area contributed by atoms with Crippen molar-refractivity contribution in [3.8, 4) is 11.5 Å². The van der Waals surface area contributed by atoms with Gasteiger partial charge in [-0.25, -0.2) is 4.79 Å². The Hall–Kier alpha value is -3.23. The maximum Gasteiger partial charge on any atom is 0.326 e.